The second kappa shape index (κ2) is 7.69. The molecule has 1 aliphatic rings. The zero-order chi connectivity index (χ0) is 14.4. The first kappa shape index (κ1) is 15.4. The number of carbonyl (C=O) groups excluding carboxylic acids is 2. The van der Waals surface area contributed by atoms with Crippen LogP contribution in [0.4, 0.5) is 0 Å². The highest BCUT2D eigenvalue weighted by Crippen LogP contribution is 2.28. The van der Waals surface area contributed by atoms with Crippen molar-refractivity contribution in [1.29, 1.82) is 0 Å². The van der Waals surface area contributed by atoms with Crippen LogP contribution < -0.4 is 10.9 Å². The SMILES string of the molecule is O=C(CSC1CCCC1)NNC(=O)c1ccccc1Br. The van der Waals surface area contributed by atoms with E-state index in [1.54, 1.807) is 30.0 Å². The molecule has 0 radical (unpaired) electrons. The average molecular weight is 357 g/mol. The van der Waals surface area contributed by atoms with E-state index in [-0.39, 0.29) is 11.8 Å². The monoisotopic (exact) mass is 356 g/mol. The summed E-state index contributed by atoms with van der Waals surface area (Å²) in [5.41, 5.74) is 5.38. The molecule has 0 atom stereocenters. The molecule has 6 heteroatoms. The van der Waals surface area contributed by atoms with Crippen LogP contribution in [0, 0.1) is 0 Å². The topological polar surface area (TPSA) is 58.2 Å². The van der Waals surface area contributed by atoms with Gasteiger partial charge >= 0.3 is 0 Å². The Morgan fingerprint density at radius 3 is 2.60 bits per heavy atom. The minimum absolute atomic E-state index is 0.165. The molecule has 0 unspecified atom stereocenters. The summed E-state index contributed by atoms with van der Waals surface area (Å²) < 4.78 is 0.701. The summed E-state index contributed by atoms with van der Waals surface area (Å²) in [5.74, 6) is -0.0973. The zero-order valence-electron chi connectivity index (χ0n) is 11.0. The van der Waals surface area contributed by atoms with Gasteiger partial charge in [-0.2, -0.15) is 0 Å². The van der Waals surface area contributed by atoms with Crippen molar-refractivity contribution >= 4 is 39.5 Å². The van der Waals surface area contributed by atoms with Gasteiger partial charge in [-0.3, -0.25) is 20.4 Å². The Kier molecular flexibility index (Phi) is 5.91. The van der Waals surface area contributed by atoms with E-state index in [4.69, 9.17) is 0 Å². The van der Waals surface area contributed by atoms with Crippen LogP contribution in [0.25, 0.3) is 0 Å². The molecule has 0 aromatic heterocycles. The van der Waals surface area contributed by atoms with Gasteiger partial charge in [0.2, 0.25) is 5.91 Å². The lowest BCUT2D eigenvalue weighted by atomic mass is 10.2. The molecule has 4 nitrogen and oxygen atoms in total. The summed E-state index contributed by atoms with van der Waals surface area (Å²) >= 11 is 4.97. The number of benzene rings is 1. The Morgan fingerprint density at radius 1 is 1.20 bits per heavy atom. The molecule has 1 aromatic rings. The largest absolute Gasteiger partial charge is 0.272 e. The molecule has 0 saturated heterocycles. The lowest BCUT2D eigenvalue weighted by Gasteiger charge is -2.10. The highest BCUT2D eigenvalue weighted by molar-refractivity contribution is 9.10. The van der Waals surface area contributed by atoms with Crippen molar-refractivity contribution in [3.05, 3.63) is 34.3 Å². The third-order valence-electron chi connectivity index (χ3n) is 3.19. The molecule has 2 N–H and O–H groups in total. The van der Waals surface area contributed by atoms with Gasteiger partial charge < -0.3 is 0 Å². The molecular formula is C14H17BrN2O2S. The minimum Gasteiger partial charge on any atom is -0.272 e. The van der Waals surface area contributed by atoms with Crippen LogP contribution in [-0.4, -0.2) is 22.8 Å². The van der Waals surface area contributed by atoms with Gasteiger partial charge in [0.15, 0.2) is 0 Å². The molecule has 20 heavy (non-hydrogen) atoms. The summed E-state index contributed by atoms with van der Waals surface area (Å²) in [6.45, 7) is 0. The fourth-order valence-corrected chi connectivity index (χ4v) is 3.71. The molecule has 2 rings (SSSR count). The lowest BCUT2D eigenvalue weighted by Crippen LogP contribution is -2.42. The molecule has 0 bridgehead atoms. The van der Waals surface area contributed by atoms with Gasteiger partial charge in [-0.25, -0.2) is 0 Å². The number of halogens is 1. The number of hydrogen-bond donors (Lipinski definition) is 2. The molecule has 0 spiro atoms. The normalized spacial score (nSPS) is 15.1. The van der Waals surface area contributed by atoms with Crippen LogP contribution in [0.3, 0.4) is 0 Å². The van der Waals surface area contributed by atoms with Crippen LogP contribution in [-0.2, 0) is 4.79 Å². The fraction of sp³-hybridized carbons (Fsp3) is 0.429. The van der Waals surface area contributed by atoms with E-state index in [1.807, 2.05) is 6.07 Å². The van der Waals surface area contributed by atoms with Gasteiger partial charge in [0.05, 0.1) is 11.3 Å². The van der Waals surface area contributed by atoms with Crippen molar-refractivity contribution < 1.29 is 9.59 Å². The summed E-state index contributed by atoms with van der Waals surface area (Å²) in [4.78, 5) is 23.5. The summed E-state index contributed by atoms with van der Waals surface area (Å²) in [6.07, 6.45) is 4.92. The van der Waals surface area contributed by atoms with Crippen molar-refractivity contribution in [2.45, 2.75) is 30.9 Å². The average Bonchev–Trinajstić information content (AvgIpc) is 2.96. The van der Waals surface area contributed by atoms with Crippen LogP contribution in [0.2, 0.25) is 0 Å². The van der Waals surface area contributed by atoms with Gasteiger partial charge in [-0.05, 0) is 40.9 Å². The Hall–Kier alpha value is -1.01. The number of hydrazine groups is 1. The molecule has 1 saturated carbocycles. The molecule has 2 amide bonds. The van der Waals surface area contributed by atoms with Gasteiger partial charge in [0.1, 0.15) is 0 Å². The van der Waals surface area contributed by atoms with Crippen molar-refractivity contribution in [1.82, 2.24) is 10.9 Å². The maximum atomic E-state index is 11.9. The summed E-state index contributed by atoms with van der Waals surface area (Å²) in [5, 5.41) is 0.597. The van der Waals surface area contributed by atoms with E-state index in [2.05, 4.69) is 26.8 Å². The molecular weight excluding hydrogens is 340 g/mol. The van der Waals surface area contributed by atoms with E-state index in [9.17, 15) is 9.59 Å². The number of nitrogens with one attached hydrogen (secondary N) is 2. The first-order valence-electron chi connectivity index (χ1n) is 6.62. The van der Waals surface area contributed by atoms with Crippen LogP contribution in [0.1, 0.15) is 36.0 Å². The Bertz CT molecular complexity index is 490. The van der Waals surface area contributed by atoms with E-state index < -0.39 is 0 Å². The highest BCUT2D eigenvalue weighted by Gasteiger charge is 2.17. The highest BCUT2D eigenvalue weighted by atomic mass is 79.9. The fourth-order valence-electron chi connectivity index (χ4n) is 2.12. The number of thioether (sulfide) groups is 1. The Morgan fingerprint density at radius 2 is 1.90 bits per heavy atom. The van der Waals surface area contributed by atoms with Crippen LogP contribution in [0.15, 0.2) is 28.7 Å². The molecule has 1 aliphatic carbocycles. The van der Waals surface area contributed by atoms with E-state index in [1.165, 1.54) is 25.7 Å². The molecule has 1 fully saturated rings. The maximum absolute atomic E-state index is 11.9. The minimum atomic E-state index is -0.323. The predicted molar refractivity (Wildman–Crippen MR) is 84.5 cm³/mol. The maximum Gasteiger partial charge on any atom is 0.270 e. The molecule has 1 aromatic carbocycles. The smallest absolute Gasteiger partial charge is 0.270 e. The van der Waals surface area contributed by atoms with Crippen molar-refractivity contribution in [2.75, 3.05) is 5.75 Å². The Labute approximate surface area is 131 Å². The lowest BCUT2D eigenvalue weighted by molar-refractivity contribution is -0.119. The van der Waals surface area contributed by atoms with E-state index >= 15 is 0 Å². The predicted octanol–water partition coefficient (Wildman–Crippen LogP) is 2.89. The van der Waals surface area contributed by atoms with Gasteiger partial charge in [-0.1, -0.05) is 25.0 Å². The first-order chi connectivity index (χ1) is 9.66. The molecule has 0 heterocycles. The quantitative estimate of drug-likeness (QED) is 0.815. The van der Waals surface area contributed by atoms with Crippen molar-refractivity contribution in [3.8, 4) is 0 Å². The molecule has 108 valence electrons. The second-order valence-corrected chi connectivity index (χ2v) is 6.84. The van der Waals surface area contributed by atoms with Gasteiger partial charge in [0.25, 0.3) is 5.91 Å². The number of carbonyl (C=O) groups is 2. The zero-order valence-corrected chi connectivity index (χ0v) is 13.4. The standard InChI is InChI=1S/C14H17BrN2O2S/c15-12-8-4-3-7-11(12)14(19)17-16-13(18)9-20-10-5-1-2-6-10/h3-4,7-8,10H,1-2,5-6,9H2,(H,16,18)(H,17,19). The molecule has 0 aliphatic heterocycles. The summed E-state index contributed by atoms with van der Waals surface area (Å²) in [7, 11) is 0. The number of rotatable bonds is 4. The van der Waals surface area contributed by atoms with Crippen molar-refractivity contribution in [2.24, 2.45) is 0 Å². The second-order valence-electron chi connectivity index (χ2n) is 4.70. The number of hydrogen-bond acceptors (Lipinski definition) is 3. The first-order valence-corrected chi connectivity index (χ1v) is 8.46. The third kappa shape index (κ3) is 4.52. The van der Waals surface area contributed by atoms with Crippen molar-refractivity contribution in [3.63, 3.8) is 0 Å². The van der Waals surface area contributed by atoms with Gasteiger partial charge in [-0.15, -0.1) is 11.8 Å². The van der Waals surface area contributed by atoms with Crippen LogP contribution >= 0.6 is 27.7 Å². The van der Waals surface area contributed by atoms with E-state index in [0.717, 1.165) is 0 Å². The Balaban J connectivity index is 1.72. The summed E-state index contributed by atoms with van der Waals surface area (Å²) in [6, 6.07) is 7.08. The number of amides is 2. The third-order valence-corrected chi connectivity index (χ3v) is 5.25. The van der Waals surface area contributed by atoms with Crippen LogP contribution in [0.5, 0.6) is 0 Å². The van der Waals surface area contributed by atoms with E-state index in [0.29, 0.717) is 21.0 Å². The van der Waals surface area contributed by atoms with Gasteiger partial charge in [0, 0.05) is 9.72 Å².